The van der Waals surface area contributed by atoms with Gasteiger partial charge in [0.15, 0.2) is 0 Å². The van der Waals surface area contributed by atoms with Crippen LogP contribution in [0.3, 0.4) is 0 Å². The highest BCUT2D eigenvalue weighted by atomic mass is 16.5. The quantitative estimate of drug-likeness (QED) is 0.630. The SMILES string of the molecule is COc1ccc(CCC(=O)NCCc2cc3cc(OC)ccc3[nH]c2=O)cc1. The lowest BCUT2D eigenvalue weighted by molar-refractivity contribution is -0.121. The van der Waals surface area contributed by atoms with Crippen LogP contribution in [-0.4, -0.2) is 31.7 Å². The number of benzene rings is 2. The smallest absolute Gasteiger partial charge is 0.251 e. The molecule has 6 nitrogen and oxygen atoms in total. The second kappa shape index (κ2) is 9.08. The lowest BCUT2D eigenvalue weighted by atomic mass is 10.1. The minimum atomic E-state index is -0.134. The molecule has 0 saturated heterocycles. The monoisotopic (exact) mass is 380 g/mol. The van der Waals surface area contributed by atoms with E-state index in [4.69, 9.17) is 9.47 Å². The molecule has 146 valence electrons. The van der Waals surface area contributed by atoms with E-state index in [0.717, 1.165) is 28.0 Å². The molecule has 0 aliphatic rings. The van der Waals surface area contributed by atoms with Gasteiger partial charge in [-0.05, 0) is 54.8 Å². The number of pyridine rings is 1. The molecule has 6 heteroatoms. The predicted molar refractivity (Wildman–Crippen MR) is 109 cm³/mol. The average Bonchev–Trinajstić information content (AvgIpc) is 2.72. The number of fused-ring (bicyclic) bond motifs is 1. The van der Waals surface area contributed by atoms with Gasteiger partial charge in [0.25, 0.3) is 5.56 Å². The highest BCUT2D eigenvalue weighted by molar-refractivity contribution is 5.80. The molecule has 1 amide bonds. The molecule has 0 aliphatic heterocycles. The van der Waals surface area contributed by atoms with E-state index in [1.807, 2.05) is 42.5 Å². The van der Waals surface area contributed by atoms with Crippen molar-refractivity contribution in [2.24, 2.45) is 0 Å². The molecule has 0 spiro atoms. The number of aromatic amines is 1. The first-order valence-corrected chi connectivity index (χ1v) is 9.18. The first kappa shape index (κ1) is 19.5. The Hall–Kier alpha value is -3.28. The zero-order valence-electron chi connectivity index (χ0n) is 16.1. The molecule has 2 N–H and O–H groups in total. The number of H-pyrrole nitrogens is 1. The molecule has 2 aromatic carbocycles. The first-order valence-electron chi connectivity index (χ1n) is 9.18. The molecular weight excluding hydrogens is 356 g/mol. The largest absolute Gasteiger partial charge is 0.497 e. The summed E-state index contributed by atoms with van der Waals surface area (Å²) in [5.74, 6) is 1.50. The van der Waals surface area contributed by atoms with Gasteiger partial charge in [0.1, 0.15) is 11.5 Å². The second-order valence-electron chi connectivity index (χ2n) is 6.52. The van der Waals surface area contributed by atoms with Crippen molar-refractivity contribution >= 4 is 16.8 Å². The van der Waals surface area contributed by atoms with E-state index in [2.05, 4.69) is 10.3 Å². The zero-order chi connectivity index (χ0) is 19.9. The van der Waals surface area contributed by atoms with Gasteiger partial charge in [-0.3, -0.25) is 9.59 Å². The lowest BCUT2D eigenvalue weighted by Gasteiger charge is -2.07. The van der Waals surface area contributed by atoms with Crippen molar-refractivity contribution in [3.63, 3.8) is 0 Å². The van der Waals surface area contributed by atoms with Crippen LogP contribution < -0.4 is 20.3 Å². The number of ether oxygens (including phenoxy) is 2. The maximum Gasteiger partial charge on any atom is 0.251 e. The number of carbonyl (C=O) groups excluding carboxylic acids is 1. The van der Waals surface area contributed by atoms with Crippen LogP contribution in [0, 0.1) is 0 Å². The van der Waals surface area contributed by atoms with Gasteiger partial charge in [-0.15, -0.1) is 0 Å². The molecule has 1 aromatic heterocycles. The van der Waals surface area contributed by atoms with Gasteiger partial charge < -0.3 is 19.8 Å². The van der Waals surface area contributed by atoms with Gasteiger partial charge in [0.05, 0.1) is 14.2 Å². The molecule has 0 saturated carbocycles. The maximum absolute atomic E-state index is 12.2. The van der Waals surface area contributed by atoms with E-state index in [1.165, 1.54) is 0 Å². The molecular formula is C22H24N2O4. The van der Waals surface area contributed by atoms with E-state index in [9.17, 15) is 9.59 Å². The lowest BCUT2D eigenvalue weighted by Crippen LogP contribution is -2.27. The van der Waals surface area contributed by atoms with Gasteiger partial charge >= 0.3 is 0 Å². The van der Waals surface area contributed by atoms with Crippen LogP contribution in [0.2, 0.25) is 0 Å². The topological polar surface area (TPSA) is 80.4 Å². The standard InChI is InChI=1S/C22H24N2O4/c1-27-18-6-3-15(4-7-18)5-10-21(25)23-12-11-16-13-17-14-19(28-2)8-9-20(17)24-22(16)26/h3-4,6-9,13-14H,5,10-12H2,1-2H3,(H,23,25)(H,24,26). The van der Waals surface area contributed by atoms with Gasteiger partial charge in [0, 0.05) is 29.4 Å². The summed E-state index contributed by atoms with van der Waals surface area (Å²) >= 11 is 0. The number of amides is 1. The van der Waals surface area contributed by atoms with Crippen LogP contribution in [0.15, 0.2) is 53.3 Å². The van der Waals surface area contributed by atoms with E-state index in [1.54, 1.807) is 20.3 Å². The van der Waals surface area contributed by atoms with Crippen LogP contribution >= 0.6 is 0 Å². The number of carbonyl (C=O) groups is 1. The Kier molecular flexibility index (Phi) is 6.32. The average molecular weight is 380 g/mol. The van der Waals surface area contributed by atoms with Crippen molar-refractivity contribution in [1.82, 2.24) is 10.3 Å². The molecule has 0 bridgehead atoms. The number of aryl methyl sites for hydroxylation is 1. The van der Waals surface area contributed by atoms with Crippen molar-refractivity contribution in [3.8, 4) is 11.5 Å². The highest BCUT2D eigenvalue weighted by Crippen LogP contribution is 2.18. The molecule has 3 rings (SSSR count). The molecule has 28 heavy (non-hydrogen) atoms. The normalized spacial score (nSPS) is 10.6. The van der Waals surface area contributed by atoms with Crippen molar-refractivity contribution in [2.75, 3.05) is 20.8 Å². The summed E-state index contributed by atoms with van der Waals surface area (Å²) in [4.78, 5) is 27.2. The van der Waals surface area contributed by atoms with Gasteiger partial charge in [-0.25, -0.2) is 0 Å². The Labute approximate surface area is 163 Å². The molecule has 0 fully saturated rings. The molecule has 0 aliphatic carbocycles. The van der Waals surface area contributed by atoms with E-state index in [0.29, 0.717) is 31.4 Å². The van der Waals surface area contributed by atoms with Crippen LogP contribution in [-0.2, 0) is 17.6 Å². The summed E-state index contributed by atoms with van der Waals surface area (Å²) in [5.41, 5.74) is 2.34. The number of rotatable bonds is 8. The molecule has 0 atom stereocenters. The summed E-state index contributed by atoms with van der Waals surface area (Å²) in [6.07, 6.45) is 1.53. The first-order chi connectivity index (χ1) is 13.6. The molecule has 3 aromatic rings. The minimum Gasteiger partial charge on any atom is -0.497 e. The Morgan fingerprint density at radius 3 is 2.39 bits per heavy atom. The van der Waals surface area contributed by atoms with Crippen LogP contribution in [0.25, 0.3) is 10.9 Å². The summed E-state index contributed by atoms with van der Waals surface area (Å²) in [6.45, 7) is 0.417. The Balaban J connectivity index is 1.52. The maximum atomic E-state index is 12.2. The molecule has 0 unspecified atom stereocenters. The summed E-state index contributed by atoms with van der Waals surface area (Å²) in [7, 11) is 3.23. The van der Waals surface area contributed by atoms with Crippen molar-refractivity contribution in [1.29, 1.82) is 0 Å². The summed E-state index contributed by atoms with van der Waals surface area (Å²) < 4.78 is 10.4. The van der Waals surface area contributed by atoms with Gasteiger partial charge in [-0.1, -0.05) is 12.1 Å². The Morgan fingerprint density at radius 1 is 0.964 bits per heavy atom. The van der Waals surface area contributed by atoms with Crippen LogP contribution in [0.1, 0.15) is 17.5 Å². The minimum absolute atomic E-state index is 0.0327. The fraction of sp³-hybridized carbons (Fsp3) is 0.273. The zero-order valence-corrected chi connectivity index (χ0v) is 16.1. The van der Waals surface area contributed by atoms with Gasteiger partial charge in [0.2, 0.25) is 5.91 Å². The fourth-order valence-corrected chi connectivity index (χ4v) is 3.02. The Morgan fingerprint density at radius 2 is 1.68 bits per heavy atom. The van der Waals surface area contributed by atoms with E-state index in [-0.39, 0.29) is 11.5 Å². The third-order valence-corrected chi connectivity index (χ3v) is 4.64. The molecule has 0 radical (unpaired) electrons. The number of hydrogen-bond donors (Lipinski definition) is 2. The predicted octanol–water partition coefficient (Wildman–Crippen LogP) is 2.84. The number of nitrogens with one attached hydrogen (secondary N) is 2. The van der Waals surface area contributed by atoms with Crippen LogP contribution in [0.4, 0.5) is 0 Å². The summed E-state index contributed by atoms with van der Waals surface area (Å²) in [5, 5.41) is 3.78. The number of hydrogen-bond acceptors (Lipinski definition) is 4. The third kappa shape index (κ3) is 4.91. The molecule has 1 heterocycles. The third-order valence-electron chi connectivity index (χ3n) is 4.64. The van der Waals surface area contributed by atoms with E-state index < -0.39 is 0 Å². The van der Waals surface area contributed by atoms with Crippen LogP contribution in [0.5, 0.6) is 11.5 Å². The van der Waals surface area contributed by atoms with Crippen molar-refractivity contribution in [2.45, 2.75) is 19.3 Å². The van der Waals surface area contributed by atoms with Crippen molar-refractivity contribution in [3.05, 3.63) is 70.0 Å². The van der Waals surface area contributed by atoms with Crippen molar-refractivity contribution < 1.29 is 14.3 Å². The van der Waals surface area contributed by atoms with E-state index >= 15 is 0 Å². The van der Waals surface area contributed by atoms with Gasteiger partial charge in [-0.2, -0.15) is 0 Å². The number of aromatic nitrogens is 1. The fourth-order valence-electron chi connectivity index (χ4n) is 3.02. The Bertz CT molecular complexity index is 1010. The highest BCUT2D eigenvalue weighted by Gasteiger charge is 2.06. The number of methoxy groups -OCH3 is 2. The second-order valence-corrected chi connectivity index (χ2v) is 6.52. The summed E-state index contributed by atoms with van der Waals surface area (Å²) in [6, 6.07) is 15.0.